The van der Waals surface area contributed by atoms with Crippen LogP contribution in [-0.4, -0.2) is 34.1 Å². The minimum Gasteiger partial charge on any atom is -0.454 e. The van der Waals surface area contributed by atoms with Crippen molar-refractivity contribution < 1.29 is 9.47 Å². The zero-order valence-electron chi connectivity index (χ0n) is 9.61. The summed E-state index contributed by atoms with van der Waals surface area (Å²) >= 11 is 1.49. The molecule has 2 heterocycles. The fourth-order valence-electron chi connectivity index (χ4n) is 1.56. The van der Waals surface area contributed by atoms with Crippen LogP contribution >= 0.6 is 11.8 Å². The number of fused-ring (bicyclic) bond motifs is 1. The van der Waals surface area contributed by atoms with Gasteiger partial charge < -0.3 is 9.47 Å². The molecule has 7 heteroatoms. The van der Waals surface area contributed by atoms with Crippen LogP contribution in [0.4, 0.5) is 0 Å². The van der Waals surface area contributed by atoms with Gasteiger partial charge in [0.1, 0.15) is 6.33 Å². The summed E-state index contributed by atoms with van der Waals surface area (Å²) in [6, 6.07) is 5.67. The molecule has 0 unspecified atom stereocenters. The average Bonchev–Trinajstić information content (AvgIpc) is 3.04. The lowest BCUT2D eigenvalue weighted by Crippen LogP contribution is -1.93. The highest BCUT2D eigenvalue weighted by molar-refractivity contribution is 7.98. The van der Waals surface area contributed by atoms with Gasteiger partial charge in [0.25, 0.3) is 0 Å². The van der Waals surface area contributed by atoms with E-state index in [9.17, 15) is 0 Å². The predicted octanol–water partition coefficient (Wildman–Crippen LogP) is 1.61. The molecule has 0 aliphatic carbocycles. The largest absolute Gasteiger partial charge is 0.454 e. The van der Waals surface area contributed by atoms with Gasteiger partial charge in [-0.05, 0) is 30.0 Å². The van der Waals surface area contributed by atoms with Crippen molar-refractivity contribution in [1.82, 2.24) is 14.9 Å². The molecule has 1 aliphatic heterocycles. The Balaban J connectivity index is 1.84. The van der Waals surface area contributed by atoms with Crippen LogP contribution in [0, 0.1) is 0 Å². The summed E-state index contributed by atoms with van der Waals surface area (Å²) in [5.41, 5.74) is 0.931. The second-order valence-electron chi connectivity index (χ2n) is 3.52. The Hall–Kier alpha value is -2.02. The number of hydrogen-bond donors (Lipinski definition) is 0. The molecule has 18 heavy (non-hydrogen) atoms. The highest BCUT2D eigenvalue weighted by Gasteiger charge is 2.12. The van der Waals surface area contributed by atoms with Gasteiger partial charge in [-0.1, -0.05) is 11.8 Å². The number of aromatic nitrogens is 3. The highest BCUT2D eigenvalue weighted by atomic mass is 32.2. The van der Waals surface area contributed by atoms with E-state index in [0.29, 0.717) is 0 Å². The van der Waals surface area contributed by atoms with Gasteiger partial charge >= 0.3 is 0 Å². The minimum atomic E-state index is 0.276. The summed E-state index contributed by atoms with van der Waals surface area (Å²) in [5.74, 6) is 1.51. The smallest absolute Gasteiger partial charge is 0.231 e. The van der Waals surface area contributed by atoms with Gasteiger partial charge in [-0.3, -0.25) is 0 Å². The summed E-state index contributed by atoms with van der Waals surface area (Å²) in [4.78, 5) is 0. The van der Waals surface area contributed by atoms with E-state index >= 15 is 0 Å². The molecule has 0 N–H and O–H groups in total. The van der Waals surface area contributed by atoms with Crippen molar-refractivity contribution in [2.45, 2.75) is 5.16 Å². The lowest BCUT2D eigenvalue weighted by Gasteiger charge is -1.98. The van der Waals surface area contributed by atoms with Crippen molar-refractivity contribution in [2.24, 2.45) is 5.10 Å². The van der Waals surface area contributed by atoms with E-state index in [4.69, 9.17) is 9.47 Å². The monoisotopic (exact) mass is 262 g/mol. The Kier molecular flexibility index (Phi) is 2.89. The van der Waals surface area contributed by atoms with Crippen LogP contribution in [-0.2, 0) is 0 Å². The van der Waals surface area contributed by atoms with E-state index in [0.717, 1.165) is 22.2 Å². The number of ether oxygens (including phenoxy) is 2. The second kappa shape index (κ2) is 4.69. The molecule has 6 nitrogen and oxygen atoms in total. The van der Waals surface area contributed by atoms with E-state index in [-0.39, 0.29) is 6.79 Å². The number of thioether (sulfide) groups is 1. The Morgan fingerprint density at radius 1 is 1.39 bits per heavy atom. The number of benzene rings is 1. The third kappa shape index (κ3) is 2.04. The van der Waals surface area contributed by atoms with E-state index < -0.39 is 0 Å². The Labute approximate surface area is 108 Å². The van der Waals surface area contributed by atoms with Crippen LogP contribution < -0.4 is 9.47 Å². The lowest BCUT2D eigenvalue weighted by molar-refractivity contribution is 0.174. The van der Waals surface area contributed by atoms with Crippen LogP contribution in [0.25, 0.3) is 0 Å². The molecule has 0 spiro atoms. The molecule has 0 saturated carbocycles. The number of nitrogens with zero attached hydrogens (tertiary/aromatic N) is 4. The zero-order valence-corrected chi connectivity index (χ0v) is 10.4. The van der Waals surface area contributed by atoms with Crippen molar-refractivity contribution in [3.8, 4) is 11.5 Å². The number of rotatable bonds is 3. The van der Waals surface area contributed by atoms with E-state index in [1.165, 1.54) is 11.8 Å². The van der Waals surface area contributed by atoms with Crippen LogP contribution in [0.1, 0.15) is 5.56 Å². The van der Waals surface area contributed by atoms with Gasteiger partial charge in [-0.15, -0.1) is 10.2 Å². The molecule has 0 radical (unpaired) electrons. The summed E-state index contributed by atoms with van der Waals surface area (Å²) in [7, 11) is 0. The van der Waals surface area contributed by atoms with Crippen molar-refractivity contribution >= 4 is 18.0 Å². The van der Waals surface area contributed by atoms with Crippen molar-refractivity contribution in [1.29, 1.82) is 0 Å². The molecule has 0 fully saturated rings. The Morgan fingerprint density at radius 2 is 2.28 bits per heavy atom. The minimum absolute atomic E-state index is 0.276. The van der Waals surface area contributed by atoms with Crippen molar-refractivity contribution in [3.05, 3.63) is 30.1 Å². The van der Waals surface area contributed by atoms with Crippen LogP contribution in [0.15, 0.2) is 34.8 Å². The first-order valence-electron chi connectivity index (χ1n) is 5.25. The Morgan fingerprint density at radius 3 is 3.17 bits per heavy atom. The predicted molar refractivity (Wildman–Crippen MR) is 67.4 cm³/mol. The normalized spacial score (nSPS) is 13.4. The third-order valence-electron chi connectivity index (χ3n) is 2.41. The van der Waals surface area contributed by atoms with Crippen LogP contribution in [0.3, 0.4) is 0 Å². The van der Waals surface area contributed by atoms with Gasteiger partial charge in [0.05, 0.1) is 6.21 Å². The van der Waals surface area contributed by atoms with Crippen LogP contribution in [0.5, 0.6) is 11.5 Å². The standard InChI is InChI=1S/C11H10N4O2S/c1-18-11-14-12-6-15(11)13-5-8-2-3-9-10(4-8)17-7-16-9/h2-6H,7H2,1H3/b13-5+. The molecule has 0 saturated heterocycles. The highest BCUT2D eigenvalue weighted by Crippen LogP contribution is 2.31. The average molecular weight is 262 g/mol. The first-order chi connectivity index (χ1) is 8.86. The first-order valence-corrected chi connectivity index (χ1v) is 6.47. The molecular formula is C11H10N4O2S. The van der Waals surface area contributed by atoms with Gasteiger partial charge in [-0.2, -0.15) is 9.78 Å². The maximum Gasteiger partial charge on any atom is 0.231 e. The van der Waals surface area contributed by atoms with Crippen molar-refractivity contribution in [2.75, 3.05) is 13.0 Å². The first kappa shape index (κ1) is 11.1. The van der Waals surface area contributed by atoms with Gasteiger partial charge in [0, 0.05) is 0 Å². The Bertz CT molecular complexity index is 596. The summed E-state index contributed by atoms with van der Waals surface area (Å²) in [6.45, 7) is 0.276. The molecular weight excluding hydrogens is 252 g/mol. The molecule has 0 bridgehead atoms. The van der Waals surface area contributed by atoms with E-state index in [1.807, 2.05) is 24.5 Å². The molecule has 1 aromatic heterocycles. The number of hydrogen-bond acceptors (Lipinski definition) is 6. The van der Waals surface area contributed by atoms with E-state index in [2.05, 4.69) is 15.3 Å². The molecule has 0 amide bonds. The second-order valence-corrected chi connectivity index (χ2v) is 4.29. The fraction of sp³-hybridized carbons (Fsp3) is 0.182. The van der Waals surface area contributed by atoms with E-state index in [1.54, 1.807) is 17.2 Å². The van der Waals surface area contributed by atoms with Gasteiger partial charge in [0.15, 0.2) is 11.5 Å². The molecule has 3 rings (SSSR count). The third-order valence-corrected chi connectivity index (χ3v) is 3.04. The lowest BCUT2D eigenvalue weighted by atomic mass is 10.2. The molecule has 0 atom stereocenters. The van der Waals surface area contributed by atoms with Crippen LogP contribution in [0.2, 0.25) is 0 Å². The molecule has 2 aromatic rings. The van der Waals surface area contributed by atoms with Gasteiger partial charge in [-0.25, -0.2) is 0 Å². The summed E-state index contributed by atoms with van der Waals surface area (Å²) < 4.78 is 12.2. The maximum atomic E-state index is 5.30. The zero-order chi connectivity index (χ0) is 12.4. The van der Waals surface area contributed by atoms with Crippen molar-refractivity contribution in [3.63, 3.8) is 0 Å². The quantitative estimate of drug-likeness (QED) is 0.621. The maximum absolute atomic E-state index is 5.30. The van der Waals surface area contributed by atoms with Gasteiger partial charge in [0.2, 0.25) is 11.9 Å². The summed E-state index contributed by atoms with van der Waals surface area (Å²) in [6.07, 6.45) is 5.22. The summed E-state index contributed by atoms with van der Waals surface area (Å²) in [5, 5.41) is 12.7. The molecule has 1 aromatic carbocycles. The molecule has 92 valence electrons. The molecule has 1 aliphatic rings. The topological polar surface area (TPSA) is 61.5 Å². The fourth-order valence-corrected chi connectivity index (χ4v) is 1.97. The SMILES string of the molecule is CSc1nncn1/N=C/c1ccc2c(c1)OCO2.